The number of nitrogens with zero attached hydrogens (tertiary/aromatic N) is 2. The lowest BCUT2D eigenvalue weighted by Gasteiger charge is -2.32. The quantitative estimate of drug-likeness (QED) is 0.773. The minimum atomic E-state index is -0.477. The molecule has 1 saturated heterocycles. The van der Waals surface area contributed by atoms with E-state index in [1.165, 1.54) is 0 Å². The van der Waals surface area contributed by atoms with Crippen molar-refractivity contribution >= 4 is 5.91 Å². The van der Waals surface area contributed by atoms with Gasteiger partial charge in [-0.15, -0.1) is 0 Å². The fraction of sp³-hybridized carbons (Fsp3) is 0.632. The topological polar surface area (TPSA) is 44.8 Å². The third kappa shape index (κ3) is 6.13. The standard InChI is InChI=1S/C19H31N3O2/c1-15-12-16(2)14-18(13-15)24-17(3)19(23)20-6-5-7-22-10-8-21(4)9-11-22/h12-14,17H,5-11H2,1-4H3,(H,20,23). The molecular formula is C19H31N3O2. The Kier molecular flexibility index (Phi) is 7.06. The van der Waals surface area contributed by atoms with Crippen LogP contribution in [0.15, 0.2) is 18.2 Å². The van der Waals surface area contributed by atoms with E-state index < -0.39 is 6.10 Å². The summed E-state index contributed by atoms with van der Waals surface area (Å²) in [5, 5.41) is 2.98. The highest BCUT2D eigenvalue weighted by atomic mass is 16.5. The molecule has 0 spiro atoms. The molecule has 5 heteroatoms. The van der Waals surface area contributed by atoms with Crippen molar-refractivity contribution in [2.75, 3.05) is 46.3 Å². The molecule has 1 aliphatic heterocycles. The Bertz CT molecular complexity index is 519. The summed E-state index contributed by atoms with van der Waals surface area (Å²) < 4.78 is 5.77. The molecule has 0 bridgehead atoms. The number of hydrogen-bond donors (Lipinski definition) is 1. The molecule has 1 fully saturated rings. The summed E-state index contributed by atoms with van der Waals surface area (Å²) in [6, 6.07) is 6.02. The highest BCUT2D eigenvalue weighted by Gasteiger charge is 2.16. The van der Waals surface area contributed by atoms with Gasteiger partial charge >= 0.3 is 0 Å². The van der Waals surface area contributed by atoms with Crippen molar-refractivity contribution in [3.8, 4) is 5.75 Å². The lowest BCUT2D eigenvalue weighted by atomic mass is 10.1. The van der Waals surface area contributed by atoms with Crippen LogP contribution in [0.5, 0.6) is 5.75 Å². The predicted molar refractivity (Wildman–Crippen MR) is 97.6 cm³/mol. The van der Waals surface area contributed by atoms with Crippen LogP contribution in [0, 0.1) is 13.8 Å². The van der Waals surface area contributed by atoms with Crippen molar-refractivity contribution in [2.24, 2.45) is 0 Å². The van der Waals surface area contributed by atoms with Crippen molar-refractivity contribution in [3.63, 3.8) is 0 Å². The number of likely N-dealkylation sites (N-methyl/N-ethyl adjacent to an activating group) is 1. The summed E-state index contributed by atoms with van der Waals surface area (Å²) in [4.78, 5) is 17.0. The summed E-state index contributed by atoms with van der Waals surface area (Å²) >= 11 is 0. The van der Waals surface area contributed by atoms with Crippen LogP contribution in [0.4, 0.5) is 0 Å². The number of ether oxygens (including phenoxy) is 1. The van der Waals surface area contributed by atoms with Crippen molar-refractivity contribution in [1.29, 1.82) is 0 Å². The molecule has 0 aliphatic carbocycles. The van der Waals surface area contributed by atoms with Gasteiger partial charge in [-0.25, -0.2) is 0 Å². The molecule has 24 heavy (non-hydrogen) atoms. The minimum Gasteiger partial charge on any atom is -0.481 e. The summed E-state index contributed by atoms with van der Waals surface area (Å²) in [6.07, 6.45) is 0.501. The van der Waals surface area contributed by atoms with Crippen molar-refractivity contribution in [3.05, 3.63) is 29.3 Å². The van der Waals surface area contributed by atoms with Crippen molar-refractivity contribution < 1.29 is 9.53 Å². The van der Waals surface area contributed by atoms with Crippen LogP contribution < -0.4 is 10.1 Å². The van der Waals surface area contributed by atoms with E-state index >= 15 is 0 Å². The number of benzene rings is 1. The van der Waals surface area contributed by atoms with Crippen LogP contribution in [-0.2, 0) is 4.79 Å². The zero-order chi connectivity index (χ0) is 17.5. The Labute approximate surface area is 146 Å². The SMILES string of the molecule is Cc1cc(C)cc(OC(C)C(=O)NCCCN2CCN(C)CC2)c1. The first kappa shape index (κ1) is 18.7. The number of amides is 1. The van der Waals surface area contributed by atoms with Gasteiger partial charge in [-0.05, 0) is 64.0 Å². The van der Waals surface area contributed by atoms with Gasteiger partial charge in [-0.1, -0.05) is 6.07 Å². The first-order valence-electron chi connectivity index (χ1n) is 8.87. The van der Waals surface area contributed by atoms with Crippen LogP contribution >= 0.6 is 0 Å². The molecule has 1 aliphatic rings. The van der Waals surface area contributed by atoms with Gasteiger partial charge in [0.1, 0.15) is 5.75 Å². The maximum atomic E-state index is 12.2. The third-order valence-electron chi connectivity index (χ3n) is 4.42. The molecule has 1 atom stereocenters. The van der Waals surface area contributed by atoms with Crippen LogP contribution in [0.3, 0.4) is 0 Å². The summed E-state index contributed by atoms with van der Waals surface area (Å²) in [7, 11) is 2.16. The predicted octanol–water partition coefficient (Wildman–Crippen LogP) is 1.82. The lowest BCUT2D eigenvalue weighted by Crippen LogP contribution is -2.45. The van der Waals surface area contributed by atoms with Gasteiger partial charge in [0.2, 0.25) is 0 Å². The number of rotatable bonds is 7. The van der Waals surface area contributed by atoms with E-state index in [0.29, 0.717) is 6.54 Å². The number of carbonyl (C=O) groups excluding carboxylic acids is 1. The largest absolute Gasteiger partial charge is 0.481 e. The molecule has 1 heterocycles. The van der Waals surface area contributed by atoms with E-state index in [0.717, 1.165) is 56.0 Å². The summed E-state index contributed by atoms with van der Waals surface area (Å²) in [6.45, 7) is 12.1. The smallest absolute Gasteiger partial charge is 0.260 e. The number of hydrogen-bond acceptors (Lipinski definition) is 4. The van der Waals surface area contributed by atoms with E-state index in [-0.39, 0.29) is 5.91 Å². The molecule has 0 aromatic heterocycles. The second kappa shape index (κ2) is 9.04. The summed E-state index contributed by atoms with van der Waals surface area (Å²) in [5.41, 5.74) is 2.29. The minimum absolute atomic E-state index is 0.0486. The molecule has 2 rings (SSSR count). The number of piperazine rings is 1. The van der Waals surface area contributed by atoms with E-state index in [1.807, 2.05) is 26.0 Å². The van der Waals surface area contributed by atoms with Gasteiger partial charge < -0.3 is 19.9 Å². The molecule has 1 aromatic carbocycles. The zero-order valence-electron chi connectivity index (χ0n) is 15.5. The van der Waals surface area contributed by atoms with Gasteiger partial charge in [0.05, 0.1) is 0 Å². The first-order chi connectivity index (χ1) is 11.4. The zero-order valence-corrected chi connectivity index (χ0v) is 15.5. The Hall–Kier alpha value is -1.59. The molecule has 1 unspecified atom stereocenters. The van der Waals surface area contributed by atoms with Crippen LogP contribution in [0.2, 0.25) is 0 Å². The van der Waals surface area contributed by atoms with E-state index in [2.05, 4.69) is 28.2 Å². The maximum Gasteiger partial charge on any atom is 0.260 e. The van der Waals surface area contributed by atoms with E-state index in [9.17, 15) is 4.79 Å². The van der Waals surface area contributed by atoms with Gasteiger partial charge in [0, 0.05) is 32.7 Å². The first-order valence-corrected chi connectivity index (χ1v) is 8.87. The van der Waals surface area contributed by atoms with E-state index in [4.69, 9.17) is 4.74 Å². The molecule has 1 N–H and O–H groups in total. The summed E-state index contributed by atoms with van der Waals surface area (Å²) in [5.74, 6) is 0.708. The monoisotopic (exact) mass is 333 g/mol. The third-order valence-corrected chi connectivity index (χ3v) is 4.42. The fourth-order valence-electron chi connectivity index (χ4n) is 2.99. The van der Waals surface area contributed by atoms with Gasteiger partial charge in [-0.2, -0.15) is 0 Å². The van der Waals surface area contributed by atoms with Gasteiger partial charge in [0.15, 0.2) is 6.10 Å². The molecule has 1 amide bonds. The molecular weight excluding hydrogens is 302 g/mol. The Balaban J connectivity index is 1.66. The van der Waals surface area contributed by atoms with E-state index in [1.54, 1.807) is 6.92 Å². The Morgan fingerprint density at radius 3 is 2.42 bits per heavy atom. The van der Waals surface area contributed by atoms with Crippen molar-refractivity contribution in [1.82, 2.24) is 15.1 Å². The number of carbonyl (C=O) groups is 1. The lowest BCUT2D eigenvalue weighted by molar-refractivity contribution is -0.127. The van der Waals surface area contributed by atoms with Crippen LogP contribution in [-0.4, -0.2) is 68.1 Å². The van der Waals surface area contributed by atoms with Crippen LogP contribution in [0.1, 0.15) is 24.5 Å². The number of aryl methyl sites for hydroxylation is 2. The molecule has 0 radical (unpaired) electrons. The second-order valence-electron chi connectivity index (χ2n) is 6.87. The molecule has 5 nitrogen and oxygen atoms in total. The second-order valence-corrected chi connectivity index (χ2v) is 6.87. The van der Waals surface area contributed by atoms with Gasteiger partial charge in [-0.3, -0.25) is 4.79 Å². The molecule has 0 saturated carbocycles. The van der Waals surface area contributed by atoms with Crippen LogP contribution in [0.25, 0.3) is 0 Å². The average molecular weight is 333 g/mol. The Morgan fingerprint density at radius 2 is 1.79 bits per heavy atom. The average Bonchev–Trinajstić information content (AvgIpc) is 2.52. The Morgan fingerprint density at radius 1 is 1.17 bits per heavy atom. The highest BCUT2D eigenvalue weighted by Crippen LogP contribution is 2.17. The molecule has 134 valence electrons. The molecule has 1 aromatic rings. The maximum absolute atomic E-state index is 12.2. The normalized spacial score (nSPS) is 17.5. The number of nitrogens with one attached hydrogen (secondary N) is 1. The van der Waals surface area contributed by atoms with Crippen molar-refractivity contribution in [2.45, 2.75) is 33.3 Å². The fourth-order valence-corrected chi connectivity index (χ4v) is 2.99. The highest BCUT2D eigenvalue weighted by molar-refractivity contribution is 5.80. The van der Waals surface area contributed by atoms with Gasteiger partial charge in [0.25, 0.3) is 5.91 Å².